The zero-order chi connectivity index (χ0) is 13.3. The summed E-state index contributed by atoms with van der Waals surface area (Å²) in [6.07, 6.45) is 0. The van der Waals surface area contributed by atoms with Crippen LogP contribution in [0.4, 0.5) is 0 Å². The number of aryl methyl sites for hydroxylation is 2. The van der Waals surface area contributed by atoms with Crippen LogP contribution < -0.4 is 0 Å². The Kier molecular flexibility index (Phi) is 3.64. The number of hydrogen-bond donors (Lipinski definition) is 0. The topological polar surface area (TPSA) is 42.9 Å². The van der Waals surface area contributed by atoms with Gasteiger partial charge in [-0.3, -0.25) is 4.79 Å². The number of nitrogens with zero attached hydrogens (tertiary/aromatic N) is 2. The Hall–Kier alpha value is -1.45. The molecule has 0 bridgehead atoms. The maximum Gasteiger partial charge on any atom is 0.230 e. The smallest absolute Gasteiger partial charge is 0.230 e. The van der Waals surface area contributed by atoms with Crippen molar-refractivity contribution in [2.24, 2.45) is 0 Å². The maximum atomic E-state index is 12.2. The number of ketones is 1. The third-order valence-electron chi connectivity index (χ3n) is 2.37. The van der Waals surface area contributed by atoms with Crippen LogP contribution in [0.1, 0.15) is 27.6 Å². The van der Waals surface area contributed by atoms with Crippen molar-refractivity contribution < 1.29 is 4.79 Å². The molecule has 0 aliphatic carbocycles. The van der Waals surface area contributed by atoms with Crippen molar-refractivity contribution in [2.75, 3.05) is 0 Å². The molecule has 0 spiro atoms. The van der Waals surface area contributed by atoms with Gasteiger partial charge in [0.15, 0.2) is 0 Å². The predicted molar refractivity (Wildman–Crippen MR) is 71.4 cm³/mol. The molecule has 3 nitrogen and oxygen atoms in total. The van der Waals surface area contributed by atoms with Gasteiger partial charge in [-0.1, -0.05) is 23.2 Å². The molecule has 0 saturated heterocycles. The summed E-state index contributed by atoms with van der Waals surface area (Å²) >= 11 is 11.7. The van der Waals surface area contributed by atoms with Crippen molar-refractivity contribution in [3.8, 4) is 0 Å². The molecule has 92 valence electrons. The highest BCUT2D eigenvalue weighted by Gasteiger charge is 2.14. The second-order valence-corrected chi connectivity index (χ2v) is 4.75. The minimum absolute atomic E-state index is 0.172. The fourth-order valence-corrected chi connectivity index (χ4v) is 1.89. The Bertz CT molecular complexity index is 606. The average molecular weight is 281 g/mol. The molecular formula is C13H10Cl2N2O. The van der Waals surface area contributed by atoms with Crippen molar-refractivity contribution in [1.29, 1.82) is 0 Å². The Morgan fingerprint density at radius 2 is 1.61 bits per heavy atom. The van der Waals surface area contributed by atoms with E-state index in [4.69, 9.17) is 23.2 Å². The second kappa shape index (κ2) is 5.04. The van der Waals surface area contributed by atoms with E-state index >= 15 is 0 Å². The van der Waals surface area contributed by atoms with Gasteiger partial charge in [-0.15, -0.1) is 0 Å². The molecule has 0 radical (unpaired) electrons. The van der Waals surface area contributed by atoms with Crippen LogP contribution in [0.15, 0.2) is 24.3 Å². The first-order chi connectivity index (χ1) is 8.47. The first kappa shape index (κ1) is 13.0. The van der Waals surface area contributed by atoms with Crippen LogP contribution in [0.25, 0.3) is 0 Å². The van der Waals surface area contributed by atoms with Crippen LogP contribution in [-0.2, 0) is 0 Å². The summed E-state index contributed by atoms with van der Waals surface area (Å²) in [5.74, 6) is -0.0914. The van der Waals surface area contributed by atoms with Gasteiger partial charge in [-0.05, 0) is 38.1 Å². The van der Waals surface area contributed by atoms with Gasteiger partial charge in [0.25, 0.3) is 0 Å². The monoisotopic (exact) mass is 280 g/mol. The Labute approximate surface area is 115 Å². The van der Waals surface area contributed by atoms with Crippen LogP contribution >= 0.6 is 23.2 Å². The first-order valence-corrected chi connectivity index (χ1v) is 6.05. The van der Waals surface area contributed by atoms with Crippen molar-refractivity contribution >= 4 is 29.0 Å². The quantitative estimate of drug-likeness (QED) is 0.789. The van der Waals surface area contributed by atoms with Gasteiger partial charge in [-0.25, -0.2) is 9.97 Å². The summed E-state index contributed by atoms with van der Waals surface area (Å²) in [6.45, 7) is 3.64. The fourth-order valence-electron chi connectivity index (χ4n) is 1.59. The summed E-state index contributed by atoms with van der Waals surface area (Å²) in [4.78, 5) is 20.4. The Morgan fingerprint density at radius 3 is 2.17 bits per heavy atom. The normalized spacial score (nSPS) is 10.4. The van der Waals surface area contributed by atoms with E-state index in [2.05, 4.69) is 9.97 Å². The molecule has 0 amide bonds. The number of aromatic nitrogens is 2. The van der Waals surface area contributed by atoms with Crippen LogP contribution in [0.3, 0.4) is 0 Å². The molecule has 0 fully saturated rings. The molecule has 0 unspecified atom stereocenters. The Morgan fingerprint density at radius 1 is 1.00 bits per heavy atom. The zero-order valence-corrected chi connectivity index (χ0v) is 11.4. The van der Waals surface area contributed by atoms with E-state index in [1.54, 1.807) is 12.1 Å². The highest BCUT2D eigenvalue weighted by atomic mass is 35.5. The van der Waals surface area contributed by atoms with E-state index in [0.29, 0.717) is 15.6 Å². The van der Waals surface area contributed by atoms with Crippen molar-refractivity contribution in [1.82, 2.24) is 9.97 Å². The number of rotatable bonds is 2. The van der Waals surface area contributed by atoms with E-state index < -0.39 is 0 Å². The Balaban J connectivity index is 2.44. The molecular weight excluding hydrogens is 271 g/mol. The average Bonchev–Trinajstić information content (AvgIpc) is 2.30. The molecule has 2 aromatic rings. The van der Waals surface area contributed by atoms with E-state index in [9.17, 15) is 4.79 Å². The van der Waals surface area contributed by atoms with Gasteiger partial charge in [-0.2, -0.15) is 0 Å². The number of halogens is 2. The van der Waals surface area contributed by atoms with E-state index in [1.807, 2.05) is 19.9 Å². The summed E-state index contributed by atoms with van der Waals surface area (Å²) in [5, 5.41) is 0.751. The number of benzene rings is 1. The number of carbonyl (C=O) groups is 1. The van der Waals surface area contributed by atoms with Gasteiger partial charge in [0.1, 0.15) is 0 Å². The summed E-state index contributed by atoms with van der Waals surface area (Å²) < 4.78 is 0. The molecule has 0 N–H and O–H groups in total. The largest absolute Gasteiger partial charge is 0.285 e. The third-order valence-corrected chi connectivity index (χ3v) is 3.11. The van der Waals surface area contributed by atoms with E-state index in [0.717, 1.165) is 11.4 Å². The lowest BCUT2D eigenvalue weighted by Gasteiger charge is -2.03. The lowest BCUT2D eigenvalue weighted by molar-refractivity contribution is 0.102. The first-order valence-electron chi connectivity index (χ1n) is 5.29. The van der Waals surface area contributed by atoms with Gasteiger partial charge in [0.2, 0.25) is 11.6 Å². The van der Waals surface area contributed by atoms with E-state index in [-0.39, 0.29) is 11.6 Å². The van der Waals surface area contributed by atoms with E-state index in [1.165, 1.54) is 6.07 Å². The minimum atomic E-state index is -0.264. The summed E-state index contributed by atoms with van der Waals surface area (Å²) in [7, 11) is 0. The standard InChI is InChI=1S/C13H10Cl2N2O/c1-7-5-8(2)17-13(16-7)12(18)9-3-4-10(14)11(15)6-9/h3-6H,1-2H3. The second-order valence-electron chi connectivity index (χ2n) is 3.93. The van der Waals surface area contributed by atoms with Crippen LogP contribution in [0.2, 0.25) is 10.0 Å². The molecule has 2 rings (SSSR count). The lowest BCUT2D eigenvalue weighted by atomic mass is 10.1. The van der Waals surface area contributed by atoms with Crippen LogP contribution in [-0.4, -0.2) is 15.8 Å². The highest BCUT2D eigenvalue weighted by Crippen LogP contribution is 2.23. The van der Waals surface area contributed by atoms with Gasteiger partial charge in [0, 0.05) is 17.0 Å². The molecule has 1 aromatic carbocycles. The molecule has 5 heteroatoms. The van der Waals surface area contributed by atoms with Crippen molar-refractivity contribution in [3.63, 3.8) is 0 Å². The van der Waals surface area contributed by atoms with Gasteiger partial charge >= 0.3 is 0 Å². The molecule has 0 aliphatic heterocycles. The number of carbonyl (C=O) groups excluding carboxylic acids is 1. The fraction of sp³-hybridized carbons (Fsp3) is 0.154. The summed E-state index contributed by atoms with van der Waals surface area (Å²) in [6, 6.07) is 6.52. The molecule has 18 heavy (non-hydrogen) atoms. The minimum Gasteiger partial charge on any atom is -0.285 e. The zero-order valence-electron chi connectivity index (χ0n) is 9.87. The number of hydrogen-bond acceptors (Lipinski definition) is 3. The molecule has 1 aromatic heterocycles. The SMILES string of the molecule is Cc1cc(C)nc(C(=O)c2ccc(Cl)c(Cl)c2)n1. The van der Waals surface area contributed by atoms with Crippen molar-refractivity contribution in [3.05, 3.63) is 57.1 Å². The van der Waals surface area contributed by atoms with Crippen LogP contribution in [0, 0.1) is 13.8 Å². The summed E-state index contributed by atoms with van der Waals surface area (Å²) in [5.41, 5.74) is 1.94. The third kappa shape index (κ3) is 2.68. The predicted octanol–water partition coefficient (Wildman–Crippen LogP) is 3.63. The molecule has 0 atom stereocenters. The highest BCUT2D eigenvalue weighted by molar-refractivity contribution is 6.42. The maximum absolute atomic E-state index is 12.2. The van der Waals surface area contributed by atoms with Crippen molar-refractivity contribution in [2.45, 2.75) is 13.8 Å². The molecule has 0 aliphatic rings. The molecule has 1 heterocycles. The van der Waals surface area contributed by atoms with Gasteiger partial charge in [0.05, 0.1) is 10.0 Å². The lowest BCUT2D eigenvalue weighted by Crippen LogP contribution is -2.09. The van der Waals surface area contributed by atoms with Crippen LogP contribution in [0.5, 0.6) is 0 Å². The molecule has 0 saturated carbocycles. The van der Waals surface area contributed by atoms with Gasteiger partial charge < -0.3 is 0 Å².